The molecule has 4 nitrogen and oxygen atoms in total. The summed E-state index contributed by atoms with van der Waals surface area (Å²) >= 11 is 7.52. The third-order valence-corrected chi connectivity index (χ3v) is 1.87. The van der Waals surface area contributed by atoms with Gasteiger partial charge in [0.2, 0.25) is 0 Å². The molecular weight excluding hydrogens is 294 g/mol. The summed E-state index contributed by atoms with van der Waals surface area (Å²) in [5.74, 6) is -0.578. The monoisotopic (exact) mass is 298 g/mol. The van der Waals surface area contributed by atoms with Gasteiger partial charge in [0.1, 0.15) is 3.70 Å². The molecule has 0 bridgehead atoms. The lowest BCUT2D eigenvalue weighted by Crippen LogP contribution is -2.07. The van der Waals surface area contributed by atoms with Crippen molar-refractivity contribution in [1.29, 1.82) is 0 Å². The first-order valence-electron chi connectivity index (χ1n) is 2.91. The summed E-state index contributed by atoms with van der Waals surface area (Å²) in [5.41, 5.74) is 0.0473. The molecule has 1 aromatic rings. The molecule has 1 aromatic heterocycles. The highest BCUT2D eigenvalue weighted by molar-refractivity contribution is 14.1. The quantitative estimate of drug-likeness (QED) is 0.583. The Morgan fingerprint density at radius 2 is 2.42 bits per heavy atom. The van der Waals surface area contributed by atoms with E-state index in [2.05, 4.69) is 14.7 Å². The maximum Gasteiger partial charge on any atom is 0.359 e. The minimum atomic E-state index is -0.578. The van der Waals surface area contributed by atoms with Crippen LogP contribution in [-0.2, 0) is 4.74 Å². The van der Waals surface area contributed by atoms with Crippen LogP contribution in [0, 0.1) is 3.70 Å². The number of rotatable bonds is 1. The Morgan fingerprint density at radius 1 is 1.75 bits per heavy atom. The van der Waals surface area contributed by atoms with Crippen molar-refractivity contribution in [3.8, 4) is 0 Å². The predicted octanol–water partition coefficient (Wildman–Crippen LogP) is 1.52. The minimum absolute atomic E-state index is 0.0473. The second-order valence-corrected chi connectivity index (χ2v) is 3.29. The van der Waals surface area contributed by atoms with Gasteiger partial charge in [-0.2, -0.15) is 0 Å². The topological polar surface area (TPSA) is 52.1 Å². The van der Waals surface area contributed by atoms with E-state index in [9.17, 15) is 4.79 Å². The molecule has 0 unspecified atom stereocenters. The van der Waals surface area contributed by atoms with Crippen molar-refractivity contribution in [2.24, 2.45) is 0 Å². The standard InChI is InChI=1S/C6H4ClIN2O2/c1-12-6(11)4-5(7)9-2-3(8)10-4/h2H,1H3. The van der Waals surface area contributed by atoms with Crippen molar-refractivity contribution in [2.75, 3.05) is 7.11 Å². The SMILES string of the molecule is COC(=O)c1nc(I)cnc1Cl. The summed E-state index contributed by atoms with van der Waals surface area (Å²) in [7, 11) is 1.26. The smallest absolute Gasteiger partial charge is 0.359 e. The number of halogens is 2. The van der Waals surface area contributed by atoms with E-state index in [1.54, 1.807) is 0 Å². The number of hydrogen-bond acceptors (Lipinski definition) is 4. The molecule has 0 saturated carbocycles. The zero-order valence-electron chi connectivity index (χ0n) is 6.04. The number of carbonyl (C=O) groups is 1. The number of methoxy groups -OCH3 is 1. The van der Waals surface area contributed by atoms with Gasteiger partial charge >= 0.3 is 5.97 Å². The van der Waals surface area contributed by atoms with Crippen LogP contribution in [-0.4, -0.2) is 23.0 Å². The molecule has 0 spiro atoms. The van der Waals surface area contributed by atoms with Gasteiger partial charge in [0.25, 0.3) is 0 Å². The molecule has 6 heteroatoms. The number of esters is 1. The van der Waals surface area contributed by atoms with E-state index in [-0.39, 0.29) is 10.8 Å². The van der Waals surface area contributed by atoms with E-state index in [1.165, 1.54) is 13.3 Å². The van der Waals surface area contributed by atoms with Crippen molar-refractivity contribution < 1.29 is 9.53 Å². The third kappa shape index (κ3) is 2.04. The van der Waals surface area contributed by atoms with E-state index in [1.807, 2.05) is 22.6 Å². The molecule has 0 atom stereocenters. The van der Waals surface area contributed by atoms with E-state index < -0.39 is 5.97 Å². The van der Waals surface area contributed by atoms with Gasteiger partial charge in [-0.05, 0) is 22.6 Å². The van der Waals surface area contributed by atoms with Gasteiger partial charge in [0, 0.05) is 0 Å². The fourth-order valence-corrected chi connectivity index (χ4v) is 1.13. The number of hydrogen-bond donors (Lipinski definition) is 0. The minimum Gasteiger partial charge on any atom is -0.464 e. The average Bonchev–Trinajstić information content (AvgIpc) is 2.08. The van der Waals surface area contributed by atoms with Gasteiger partial charge in [-0.15, -0.1) is 0 Å². The predicted molar refractivity (Wildman–Crippen MR) is 51.1 cm³/mol. The number of carbonyl (C=O) groups excluding carboxylic acids is 1. The first-order valence-corrected chi connectivity index (χ1v) is 4.37. The van der Waals surface area contributed by atoms with Crippen LogP contribution in [0.2, 0.25) is 5.15 Å². The largest absolute Gasteiger partial charge is 0.464 e. The summed E-state index contributed by atoms with van der Waals surface area (Å²) in [6.07, 6.45) is 1.47. The van der Waals surface area contributed by atoms with Gasteiger partial charge in [0.15, 0.2) is 10.8 Å². The molecule has 0 aliphatic carbocycles. The fraction of sp³-hybridized carbons (Fsp3) is 0.167. The lowest BCUT2D eigenvalue weighted by molar-refractivity contribution is 0.0593. The van der Waals surface area contributed by atoms with Crippen LogP contribution in [0.4, 0.5) is 0 Å². The molecule has 1 rings (SSSR count). The molecule has 0 aliphatic rings. The maximum atomic E-state index is 11.0. The average molecular weight is 298 g/mol. The fourth-order valence-electron chi connectivity index (χ4n) is 0.579. The van der Waals surface area contributed by atoms with Crippen molar-refractivity contribution in [2.45, 2.75) is 0 Å². The third-order valence-electron chi connectivity index (χ3n) is 1.08. The van der Waals surface area contributed by atoms with Crippen molar-refractivity contribution in [3.63, 3.8) is 0 Å². The Balaban J connectivity index is 3.13. The van der Waals surface area contributed by atoms with Crippen LogP contribution in [0.5, 0.6) is 0 Å². The first kappa shape index (κ1) is 9.66. The number of aromatic nitrogens is 2. The Morgan fingerprint density at radius 3 is 3.00 bits per heavy atom. The van der Waals surface area contributed by atoms with Crippen molar-refractivity contribution in [3.05, 3.63) is 20.7 Å². The Labute approximate surface area is 87.4 Å². The molecule has 0 aromatic carbocycles. The first-order chi connectivity index (χ1) is 5.65. The maximum absolute atomic E-state index is 11.0. The zero-order valence-corrected chi connectivity index (χ0v) is 8.96. The van der Waals surface area contributed by atoms with Crippen LogP contribution in [0.15, 0.2) is 6.20 Å². The lowest BCUT2D eigenvalue weighted by atomic mass is 10.5. The number of ether oxygens (including phenoxy) is 1. The van der Waals surface area contributed by atoms with Crippen LogP contribution in [0.3, 0.4) is 0 Å². The van der Waals surface area contributed by atoms with E-state index in [4.69, 9.17) is 11.6 Å². The molecule has 0 saturated heterocycles. The van der Waals surface area contributed by atoms with Crippen molar-refractivity contribution in [1.82, 2.24) is 9.97 Å². The summed E-state index contributed by atoms with van der Waals surface area (Å²) in [6, 6.07) is 0. The molecule has 0 fully saturated rings. The molecule has 64 valence electrons. The highest BCUT2D eigenvalue weighted by atomic mass is 127. The molecule has 0 aliphatic heterocycles. The number of nitrogens with zero attached hydrogens (tertiary/aromatic N) is 2. The Bertz CT molecular complexity index is 318. The highest BCUT2D eigenvalue weighted by Crippen LogP contribution is 2.12. The highest BCUT2D eigenvalue weighted by Gasteiger charge is 2.13. The van der Waals surface area contributed by atoms with Crippen LogP contribution < -0.4 is 0 Å². The summed E-state index contributed by atoms with van der Waals surface area (Å²) < 4.78 is 5.04. The van der Waals surface area contributed by atoms with E-state index >= 15 is 0 Å². The molecular formula is C6H4ClIN2O2. The van der Waals surface area contributed by atoms with Crippen molar-refractivity contribution >= 4 is 40.2 Å². The van der Waals surface area contributed by atoms with Gasteiger partial charge in [-0.1, -0.05) is 11.6 Å². The molecule has 0 N–H and O–H groups in total. The Kier molecular flexibility index (Phi) is 3.21. The zero-order chi connectivity index (χ0) is 9.14. The van der Waals surface area contributed by atoms with Gasteiger partial charge in [0.05, 0.1) is 13.3 Å². The summed E-state index contributed by atoms with van der Waals surface area (Å²) in [6.45, 7) is 0. The summed E-state index contributed by atoms with van der Waals surface area (Å²) in [4.78, 5) is 18.6. The van der Waals surface area contributed by atoms with Gasteiger partial charge in [-0.25, -0.2) is 14.8 Å². The molecule has 0 radical (unpaired) electrons. The van der Waals surface area contributed by atoms with E-state index in [0.29, 0.717) is 3.70 Å². The second kappa shape index (κ2) is 3.99. The van der Waals surface area contributed by atoms with E-state index in [0.717, 1.165) is 0 Å². The van der Waals surface area contributed by atoms with Crippen LogP contribution >= 0.6 is 34.2 Å². The van der Waals surface area contributed by atoms with Gasteiger partial charge in [-0.3, -0.25) is 0 Å². The summed E-state index contributed by atoms with van der Waals surface area (Å²) in [5, 5.41) is 0.0577. The molecule has 1 heterocycles. The van der Waals surface area contributed by atoms with Crippen LogP contribution in [0.25, 0.3) is 0 Å². The van der Waals surface area contributed by atoms with Crippen LogP contribution in [0.1, 0.15) is 10.5 Å². The second-order valence-electron chi connectivity index (χ2n) is 1.82. The Hall–Kier alpha value is -0.430. The van der Waals surface area contributed by atoms with Gasteiger partial charge < -0.3 is 4.74 Å². The molecule has 12 heavy (non-hydrogen) atoms. The lowest BCUT2D eigenvalue weighted by Gasteiger charge is -1.99. The molecule has 0 amide bonds. The normalized spacial score (nSPS) is 9.58.